The number of carbonyl (C=O) groups is 1. The minimum atomic E-state index is -0.830. The Morgan fingerprint density at radius 3 is 1.16 bits per heavy atom. The van der Waals surface area contributed by atoms with Crippen molar-refractivity contribution in [3.63, 3.8) is 0 Å². The lowest BCUT2D eigenvalue weighted by Gasteiger charge is -2.20. The highest BCUT2D eigenvalue weighted by molar-refractivity contribution is 5.76. The van der Waals surface area contributed by atoms with Crippen LogP contribution in [0.15, 0.2) is 12.2 Å². The predicted molar refractivity (Wildman–Crippen MR) is 198 cm³/mol. The Bertz CT molecular complexity index is 608. The van der Waals surface area contributed by atoms with Crippen LogP contribution in [0.4, 0.5) is 0 Å². The second-order valence-corrected chi connectivity index (χ2v) is 14.1. The quantitative estimate of drug-likeness (QED) is 0.0470. The molecule has 4 heteroatoms. The summed E-state index contributed by atoms with van der Waals surface area (Å²) < 4.78 is 0. The molecule has 0 saturated heterocycles. The number of amides is 1. The summed E-state index contributed by atoms with van der Waals surface area (Å²) in [4.78, 5) is 12.3. The second kappa shape index (κ2) is 37.6. The van der Waals surface area contributed by atoms with Gasteiger partial charge in [-0.05, 0) is 19.3 Å². The van der Waals surface area contributed by atoms with E-state index in [2.05, 4.69) is 19.2 Å². The Balaban J connectivity index is 3.39. The molecule has 2 unspecified atom stereocenters. The number of rotatable bonds is 37. The fourth-order valence-electron chi connectivity index (χ4n) is 6.35. The Hall–Kier alpha value is -0.870. The minimum absolute atomic E-state index is 0.0644. The number of carbonyl (C=O) groups excluding carboxylic acids is 1. The van der Waals surface area contributed by atoms with E-state index in [1.807, 2.05) is 6.08 Å². The molecular formula is C41H81NO3. The number of aliphatic hydroxyl groups excluding tert-OH is 2. The normalized spacial score (nSPS) is 13.1. The summed E-state index contributed by atoms with van der Waals surface area (Å²) in [5.41, 5.74) is 0. The molecular weight excluding hydrogens is 554 g/mol. The largest absolute Gasteiger partial charge is 0.394 e. The summed E-state index contributed by atoms with van der Waals surface area (Å²) in [6.07, 6.45) is 46.2. The highest BCUT2D eigenvalue weighted by atomic mass is 16.3. The van der Waals surface area contributed by atoms with Gasteiger partial charge in [0, 0.05) is 6.42 Å². The Morgan fingerprint density at radius 2 is 0.822 bits per heavy atom. The van der Waals surface area contributed by atoms with Gasteiger partial charge in [0.1, 0.15) is 0 Å². The van der Waals surface area contributed by atoms with Crippen LogP contribution < -0.4 is 5.32 Å². The topological polar surface area (TPSA) is 69.6 Å². The van der Waals surface area contributed by atoms with Crippen LogP contribution in [0.3, 0.4) is 0 Å². The van der Waals surface area contributed by atoms with E-state index in [1.54, 1.807) is 6.08 Å². The van der Waals surface area contributed by atoms with Gasteiger partial charge in [-0.1, -0.05) is 212 Å². The van der Waals surface area contributed by atoms with Gasteiger partial charge in [-0.15, -0.1) is 0 Å². The fraction of sp³-hybridized carbons (Fsp3) is 0.927. The van der Waals surface area contributed by atoms with Crippen molar-refractivity contribution in [2.75, 3.05) is 6.61 Å². The zero-order valence-corrected chi connectivity index (χ0v) is 30.7. The smallest absolute Gasteiger partial charge is 0.220 e. The van der Waals surface area contributed by atoms with Gasteiger partial charge in [-0.25, -0.2) is 0 Å². The highest BCUT2D eigenvalue weighted by Gasteiger charge is 2.17. The molecule has 0 aromatic rings. The number of hydrogen-bond acceptors (Lipinski definition) is 3. The molecule has 0 fully saturated rings. The third kappa shape index (κ3) is 34.3. The summed E-state index contributed by atoms with van der Waals surface area (Å²) in [6, 6.07) is -0.613. The molecule has 0 aliphatic rings. The van der Waals surface area contributed by atoms with E-state index in [-0.39, 0.29) is 12.5 Å². The van der Waals surface area contributed by atoms with Gasteiger partial charge >= 0.3 is 0 Å². The molecule has 0 aromatic carbocycles. The predicted octanol–water partition coefficient (Wildman–Crippen LogP) is 12.3. The van der Waals surface area contributed by atoms with Gasteiger partial charge in [-0.2, -0.15) is 0 Å². The van der Waals surface area contributed by atoms with Gasteiger partial charge in [0.25, 0.3) is 0 Å². The maximum atomic E-state index is 12.3. The first-order valence-corrected chi connectivity index (χ1v) is 20.4. The zero-order chi connectivity index (χ0) is 32.9. The molecule has 2 atom stereocenters. The number of unbranched alkanes of at least 4 members (excludes halogenated alkanes) is 30. The molecule has 0 radical (unpaired) electrons. The van der Waals surface area contributed by atoms with E-state index in [1.165, 1.54) is 180 Å². The van der Waals surface area contributed by atoms with Crippen LogP contribution in [0.5, 0.6) is 0 Å². The fourth-order valence-corrected chi connectivity index (χ4v) is 6.35. The first-order chi connectivity index (χ1) is 22.2. The molecule has 268 valence electrons. The monoisotopic (exact) mass is 636 g/mol. The Morgan fingerprint density at radius 1 is 0.511 bits per heavy atom. The number of aliphatic hydroxyl groups is 2. The number of nitrogens with one attached hydrogen (secondary N) is 1. The average Bonchev–Trinajstić information content (AvgIpc) is 3.04. The molecule has 4 nitrogen and oxygen atoms in total. The maximum absolute atomic E-state index is 12.3. The van der Waals surface area contributed by atoms with Crippen LogP contribution in [0.1, 0.15) is 226 Å². The molecule has 0 aliphatic heterocycles. The molecule has 3 N–H and O–H groups in total. The van der Waals surface area contributed by atoms with E-state index in [0.29, 0.717) is 6.42 Å². The van der Waals surface area contributed by atoms with Gasteiger partial charge in [0.05, 0.1) is 18.8 Å². The SMILES string of the molecule is CCCCCCC/C=C/C(O)C(CO)NC(=O)CCCCCCCCCCCCCCCCCCCCCCCCCCCC. The molecule has 0 aliphatic carbocycles. The van der Waals surface area contributed by atoms with Gasteiger partial charge in [-0.3, -0.25) is 4.79 Å². The molecule has 0 saturated carbocycles. The molecule has 0 rings (SSSR count). The third-order valence-corrected chi connectivity index (χ3v) is 9.52. The third-order valence-electron chi connectivity index (χ3n) is 9.52. The highest BCUT2D eigenvalue weighted by Crippen LogP contribution is 2.16. The van der Waals surface area contributed by atoms with E-state index in [9.17, 15) is 15.0 Å². The van der Waals surface area contributed by atoms with Crippen molar-refractivity contribution in [3.05, 3.63) is 12.2 Å². The summed E-state index contributed by atoms with van der Waals surface area (Å²) in [7, 11) is 0. The Labute approximate surface area is 282 Å². The van der Waals surface area contributed by atoms with Crippen molar-refractivity contribution >= 4 is 5.91 Å². The lowest BCUT2D eigenvalue weighted by molar-refractivity contribution is -0.123. The molecule has 45 heavy (non-hydrogen) atoms. The van der Waals surface area contributed by atoms with Crippen LogP contribution in [0, 0.1) is 0 Å². The first-order valence-electron chi connectivity index (χ1n) is 20.4. The zero-order valence-electron chi connectivity index (χ0n) is 30.7. The molecule has 0 heterocycles. The van der Waals surface area contributed by atoms with Crippen molar-refractivity contribution in [2.24, 2.45) is 0 Å². The lowest BCUT2D eigenvalue weighted by atomic mass is 10.0. The van der Waals surface area contributed by atoms with Crippen LogP contribution in [-0.4, -0.2) is 34.9 Å². The van der Waals surface area contributed by atoms with Crippen molar-refractivity contribution < 1.29 is 15.0 Å². The summed E-state index contributed by atoms with van der Waals surface area (Å²) >= 11 is 0. The molecule has 0 spiro atoms. The van der Waals surface area contributed by atoms with Crippen molar-refractivity contribution in [2.45, 2.75) is 238 Å². The van der Waals surface area contributed by atoms with Crippen molar-refractivity contribution in [3.8, 4) is 0 Å². The van der Waals surface area contributed by atoms with E-state index < -0.39 is 12.1 Å². The standard InChI is InChI=1S/C41H81NO3/c1-3-5-7-9-11-12-13-14-15-16-17-18-19-20-21-22-23-24-25-26-27-28-29-31-33-35-37-41(45)42-39(38-43)40(44)36-34-32-30-10-8-6-4-2/h34,36,39-40,43-44H,3-33,35,37-38H2,1-2H3,(H,42,45)/b36-34+. The van der Waals surface area contributed by atoms with Crippen LogP contribution in [-0.2, 0) is 4.79 Å². The van der Waals surface area contributed by atoms with Gasteiger partial charge in [0.2, 0.25) is 5.91 Å². The van der Waals surface area contributed by atoms with E-state index >= 15 is 0 Å². The van der Waals surface area contributed by atoms with Crippen molar-refractivity contribution in [1.29, 1.82) is 0 Å². The molecule has 1 amide bonds. The Kier molecular flexibility index (Phi) is 36.9. The average molecular weight is 636 g/mol. The maximum Gasteiger partial charge on any atom is 0.220 e. The summed E-state index contributed by atoms with van der Waals surface area (Å²) in [6.45, 7) is 4.27. The summed E-state index contributed by atoms with van der Waals surface area (Å²) in [5.74, 6) is -0.0644. The molecule has 0 aromatic heterocycles. The van der Waals surface area contributed by atoms with Crippen molar-refractivity contribution in [1.82, 2.24) is 5.32 Å². The first kappa shape index (κ1) is 44.1. The van der Waals surface area contributed by atoms with E-state index in [0.717, 1.165) is 25.7 Å². The summed E-state index contributed by atoms with van der Waals surface area (Å²) in [5, 5.41) is 22.7. The van der Waals surface area contributed by atoms with Gasteiger partial charge in [0.15, 0.2) is 0 Å². The number of hydrogen-bond donors (Lipinski definition) is 3. The second-order valence-electron chi connectivity index (χ2n) is 14.1. The van der Waals surface area contributed by atoms with Crippen LogP contribution >= 0.6 is 0 Å². The van der Waals surface area contributed by atoms with Crippen LogP contribution in [0.2, 0.25) is 0 Å². The number of allylic oxidation sites excluding steroid dienone is 1. The lowest BCUT2D eigenvalue weighted by Crippen LogP contribution is -2.45. The van der Waals surface area contributed by atoms with E-state index in [4.69, 9.17) is 0 Å². The minimum Gasteiger partial charge on any atom is -0.394 e. The molecule has 0 bridgehead atoms. The van der Waals surface area contributed by atoms with Crippen LogP contribution in [0.25, 0.3) is 0 Å². The van der Waals surface area contributed by atoms with Gasteiger partial charge < -0.3 is 15.5 Å².